The first-order valence-corrected chi connectivity index (χ1v) is 4.12. The molecule has 0 saturated carbocycles. The largest absolute Gasteiger partial charge is 0.387 e. The van der Waals surface area contributed by atoms with E-state index in [4.69, 9.17) is 21.1 Å². The van der Waals surface area contributed by atoms with Gasteiger partial charge >= 0.3 is 0 Å². The molecular formula is C11H16N4. The smallest absolute Gasteiger partial charge is 0.216 e. The molecule has 0 aliphatic heterocycles. The van der Waals surface area contributed by atoms with Gasteiger partial charge in [-0.3, -0.25) is 4.99 Å². The Morgan fingerprint density at radius 2 is 2.13 bits per heavy atom. The second kappa shape index (κ2) is 5.80. The molecule has 4 heteroatoms. The van der Waals surface area contributed by atoms with Gasteiger partial charge in [-0.1, -0.05) is 30.2 Å². The van der Waals surface area contributed by atoms with E-state index in [9.17, 15) is 0 Å². The second-order valence-electron chi connectivity index (χ2n) is 2.57. The van der Waals surface area contributed by atoms with Gasteiger partial charge in [-0.05, 0) is 18.9 Å². The number of guanidine groups is 1. The first-order valence-electron chi connectivity index (χ1n) is 7.70. The molecule has 4 N–H and O–H groups in total. The van der Waals surface area contributed by atoms with Gasteiger partial charge in [-0.15, -0.1) is 0 Å². The average molecular weight is 211 g/mol. The van der Waals surface area contributed by atoms with Gasteiger partial charge in [0.15, 0.2) is 0 Å². The van der Waals surface area contributed by atoms with Crippen molar-refractivity contribution in [1.82, 2.24) is 0 Å². The highest BCUT2D eigenvalue weighted by atomic mass is 15.1. The zero-order chi connectivity index (χ0) is 17.2. The predicted molar refractivity (Wildman–Crippen MR) is 63.9 cm³/mol. The molecular weight excluding hydrogens is 188 g/mol. The molecule has 0 aliphatic rings. The lowest BCUT2D eigenvalue weighted by Crippen LogP contribution is -2.16. The molecule has 0 saturated heterocycles. The maximum Gasteiger partial charge on any atom is 0.216 e. The van der Waals surface area contributed by atoms with E-state index in [1.807, 2.05) is 0 Å². The van der Waals surface area contributed by atoms with Crippen LogP contribution in [0.4, 0.5) is 0 Å². The van der Waals surface area contributed by atoms with Crippen molar-refractivity contribution in [3.63, 3.8) is 0 Å². The third-order valence-corrected chi connectivity index (χ3v) is 1.24. The summed E-state index contributed by atoms with van der Waals surface area (Å²) in [6.07, 6.45) is -2.59. The van der Waals surface area contributed by atoms with Crippen molar-refractivity contribution < 1.29 is 9.60 Å². The Labute approximate surface area is 99.6 Å². The van der Waals surface area contributed by atoms with Crippen molar-refractivity contribution in [1.29, 1.82) is 0 Å². The number of hydrogen-bond donors (Lipinski definition) is 2. The summed E-state index contributed by atoms with van der Waals surface area (Å²) in [4.78, 5) is 7.11. The molecule has 0 amide bonds. The minimum absolute atomic E-state index is 0.0815. The van der Waals surface area contributed by atoms with E-state index >= 15 is 0 Å². The minimum atomic E-state index is -2.59. The first kappa shape index (κ1) is 4.79. The minimum Gasteiger partial charge on any atom is -0.387 e. The Bertz CT molecular complexity index is 612. The number of amidine groups is 1. The molecule has 0 aliphatic carbocycles. The van der Waals surface area contributed by atoms with E-state index in [1.165, 1.54) is 6.92 Å². The molecule has 0 heterocycles. The van der Waals surface area contributed by atoms with E-state index in [-0.39, 0.29) is 5.84 Å². The van der Waals surface area contributed by atoms with Crippen molar-refractivity contribution in [2.24, 2.45) is 21.5 Å². The van der Waals surface area contributed by atoms with Crippen molar-refractivity contribution in [3.8, 4) is 0 Å². The predicted octanol–water partition coefficient (Wildman–Crippen LogP) is 0.921. The van der Waals surface area contributed by atoms with E-state index in [0.717, 1.165) is 6.07 Å². The summed E-state index contributed by atoms with van der Waals surface area (Å²) in [5.41, 5.74) is 10.2. The van der Waals surface area contributed by atoms with Crippen molar-refractivity contribution >= 4 is 11.8 Å². The van der Waals surface area contributed by atoms with Crippen LogP contribution in [0.3, 0.4) is 0 Å². The lowest BCUT2D eigenvalue weighted by Gasteiger charge is -1.97. The van der Waals surface area contributed by atoms with Gasteiger partial charge in [-0.25, -0.2) is 4.99 Å². The Morgan fingerprint density at radius 3 is 2.73 bits per heavy atom. The quantitative estimate of drug-likeness (QED) is 0.576. The monoisotopic (exact) mass is 211 g/mol. The fourth-order valence-electron chi connectivity index (χ4n) is 0.729. The number of nitrogens with two attached hydrogens (primary N) is 2. The normalized spacial score (nSPS) is 22.6. The standard InChI is InChI=1S/C11H16N4/c1-9(12)15-11(13)14-8-7-10-5-3-2-4-6-10/h2-6H,7-8H2,1H3,(H4,12,13,14,15)/i3D,4D,5D,6D,7D2,8D. The summed E-state index contributed by atoms with van der Waals surface area (Å²) in [7, 11) is 0. The van der Waals surface area contributed by atoms with Crippen LogP contribution in [0.15, 0.2) is 40.2 Å². The maximum atomic E-state index is 7.95. The zero-order valence-electron chi connectivity index (χ0n) is 15.2. The lowest BCUT2D eigenvalue weighted by molar-refractivity contribution is 0.962. The van der Waals surface area contributed by atoms with Crippen LogP contribution in [-0.2, 0) is 6.37 Å². The van der Waals surface area contributed by atoms with Gasteiger partial charge in [0, 0.05) is 9.26 Å². The van der Waals surface area contributed by atoms with Crippen LogP contribution >= 0.6 is 0 Å². The number of aliphatic imine (C=N–C) groups is 2. The van der Waals surface area contributed by atoms with Crippen LogP contribution in [0.5, 0.6) is 0 Å². The molecule has 0 aromatic heterocycles. The number of benzene rings is 1. The highest BCUT2D eigenvalue weighted by molar-refractivity contribution is 5.93. The van der Waals surface area contributed by atoms with E-state index in [2.05, 4.69) is 9.98 Å². The van der Waals surface area contributed by atoms with Gasteiger partial charge in [0.05, 0.1) is 12.7 Å². The lowest BCUT2D eigenvalue weighted by atomic mass is 10.2. The molecule has 0 radical (unpaired) electrons. The van der Waals surface area contributed by atoms with Crippen molar-refractivity contribution in [3.05, 3.63) is 35.8 Å². The summed E-state index contributed by atoms with van der Waals surface area (Å²) >= 11 is 0. The third kappa shape index (κ3) is 4.81. The number of rotatable bonds is 3. The second-order valence-corrected chi connectivity index (χ2v) is 2.57. The molecule has 80 valence electrons. The summed E-state index contributed by atoms with van der Waals surface area (Å²) in [5.74, 6) is -0.326. The van der Waals surface area contributed by atoms with Crippen molar-refractivity contribution in [2.75, 3.05) is 6.52 Å². The summed E-state index contributed by atoms with van der Waals surface area (Å²) < 4.78 is 54.2. The molecule has 1 aromatic rings. The molecule has 1 rings (SSSR count). The third-order valence-electron chi connectivity index (χ3n) is 1.24. The van der Waals surface area contributed by atoms with Crippen LogP contribution in [0.2, 0.25) is 0 Å². The molecule has 1 aromatic carbocycles. The number of hydrogen-bond acceptors (Lipinski definition) is 1. The van der Waals surface area contributed by atoms with E-state index in [0.29, 0.717) is 0 Å². The summed E-state index contributed by atoms with van der Waals surface area (Å²) in [5, 5.41) is 0. The molecule has 4 nitrogen and oxygen atoms in total. The van der Waals surface area contributed by atoms with E-state index < -0.39 is 48.6 Å². The maximum absolute atomic E-state index is 7.95. The Hall–Kier alpha value is -1.84. The molecule has 0 bridgehead atoms. The summed E-state index contributed by atoms with van der Waals surface area (Å²) in [6.45, 7) is -0.389. The van der Waals surface area contributed by atoms with Crippen LogP contribution in [-0.4, -0.2) is 18.3 Å². The fourth-order valence-corrected chi connectivity index (χ4v) is 0.729. The Morgan fingerprint density at radius 1 is 1.47 bits per heavy atom. The zero-order valence-corrected chi connectivity index (χ0v) is 8.20. The molecule has 0 spiro atoms. The summed E-state index contributed by atoms with van der Waals surface area (Å²) in [6, 6.07) is -0.950. The molecule has 1 atom stereocenters. The Balaban J connectivity index is 3.39. The highest BCUT2D eigenvalue weighted by Crippen LogP contribution is 1.99. The fraction of sp³-hybridized carbons (Fsp3) is 0.273. The van der Waals surface area contributed by atoms with Gasteiger partial charge < -0.3 is 11.5 Å². The Kier molecular flexibility index (Phi) is 1.85. The molecule has 0 fully saturated rings. The average Bonchev–Trinajstić information content (AvgIpc) is 2.35. The van der Waals surface area contributed by atoms with Gasteiger partial charge in [0.2, 0.25) is 5.96 Å². The molecule has 1 unspecified atom stereocenters. The van der Waals surface area contributed by atoms with Gasteiger partial charge in [0.25, 0.3) is 0 Å². The topological polar surface area (TPSA) is 76.8 Å². The van der Waals surface area contributed by atoms with Crippen LogP contribution < -0.4 is 11.5 Å². The van der Waals surface area contributed by atoms with Crippen LogP contribution in [0.1, 0.15) is 22.1 Å². The van der Waals surface area contributed by atoms with Gasteiger partial charge in [-0.2, -0.15) is 0 Å². The van der Waals surface area contributed by atoms with Gasteiger partial charge in [0.1, 0.15) is 0 Å². The van der Waals surface area contributed by atoms with Crippen molar-refractivity contribution in [2.45, 2.75) is 13.3 Å². The first-order chi connectivity index (χ1) is 9.98. The van der Waals surface area contributed by atoms with Crippen LogP contribution in [0, 0.1) is 0 Å². The SMILES string of the molecule is [2H]c1cc([2H])c([2H])c(C([2H])([2H])C([2H])N=C(N)N=C(C)N)c1[2H]. The van der Waals surface area contributed by atoms with E-state index in [1.54, 1.807) is 0 Å². The highest BCUT2D eigenvalue weighted by Gasteiger charge is 1.91. The molecule has 15 heavy (non-hydrogen) atoms. The number of nitrogens with zero attached hydrogens (tertiary/aromatic N) is 2. The van der Waals surface area contributed by atoms with Crippen LogP contribution in [0.25, 0.3) is 0 Å².